The van der Waals surface area contributed by atoms with Crippen LogP contribution in [0.25, 0.3) is 0 Å². The number of hydrogen-bond acceptors (Lipinski definition) is 3. The fourth-order valence-corrected chi connectivity index (χ4v) is 1.57. The van der Waals surface area contributed by atoms with E-state index in [0.29, 0.717) is 0 Å². The monoisotopic (exact) mass is 215 g/mol. The minimum atomic E-state index is 0.722. The van der Waals surface area contributed by atoms with Crippen LogP contribution < -0.4 is 5.48 Å². The van der Waals surface area contributed by atoms with Crippen LogP contribution in [0.3, 0.4) is 0 Å². The molecule has 0 aliphatic rings. The molecule has 2 aromatic rings. The average molecular weight is 215 g/mol. The van der Waals surface area contributed by atoms with Crippen molar-refractivity contribution in [3.63, 3.8) is 0 Å². The lowest BCUT2D eigenvalue weighted by Gasteiger charge is -2.04. The molecule has 82 valence electrons. The second-order valence-electron chi connectivity index (χ2n) is 3.55. The Kier molecular flexibility index (Phi) is 3.53. The Morgan fingerprint density at radius 1 is 0.875 bits per heavy atom. The molecule has 0 heterocycles. The van der Waals surface area contributed by atoms with Crippen LogP contribution in [0.1, 0.15) is 11.1 Å². The number of benzene rings is 2. The second-order valence-corrected chi connectivity index (χ2v) is 3.55. The van der Waals surface area contributed by atoms with Gasteiger partial charge in [-0.1, -0.05) is 42.5 Å². The molecule has 0 unspecified atom stereocenters. The van der Waals surface area contributed by atoms with Crippen LogP contribution in [-0.2, 0) is 11.4 Å². The summed E-state index contributed by atoms with van der Waals surface area (Å²) in [6.07, 6.45) is 0.904. The van der Waals surface area contributed by atoms with E-state index in [1.54, 1.807) is 0 Å². The summed E-state index contributed by atoms with van der Waals surface area (Å²) < 4.78 is 0. The zero-order valence-electron chi connectivity index (χ0n) is 8.76. The lowest BCUT2D eigenvalue weighted by atomic mass is 10.1. The molecule has 0 spiro atoms. The first-order valence-electron chi connectivity index (χ1n) is 5.08. The molecule has 0 saturated heterocycles. The molecular weight excluding hydrogens is 202 g/mol. The van der Waals surface area contributed by atoms with Crippen molar-refractivity contribution in [1.82, 2.24) is 0 Å². The molecule has 2 N–H and O–H groups in total. The standard InChI is InChI=1S/C13H13NO2/c15-16-14-13-8-6-12(7-9-13)10-11-4-2-1-3-5-11/h1-9,14-15H,10H2. The summed E-state index contributed by atoms with van der Waals surface area (Å²) >= 11 is 0. The smallest absolute Gasteiger partial charge is 0.0634 e. The van der Waals surface area contributed by atoms with Gasteiger partial charge in [0.1, 0.15) is 0 Å². The van der Waals surface area contributed by atoms with Gasteiger partial charge in [-0.2, -0.15) is 0 Å². The lowest BCUT2D eigenvalue weighted by molar-refractivity contribution is -0.215. The molecule has 2 aromatic carbocycles. The average Bonchev–Trinajstić information content (AvgIpc) is 2.33. The maximum absolute atomic E-state index is 8.21. The molecule has 0 aromatic heterocycles. The lowest BCUT2D eigenvalue weighted by Crippen LogP contribution is -1.96. The Bertz CT molecular complexity index is 425. The van der Waals surface area contributed by atoms with Crippen LogP contribution in [0.15, 0.2) is 54.6 Å². The second kappa shape index (κ2) is 5.30. The highest BCUT2D eigenvalue weighted by Crippen LogP contribution is 2.13. The Balaban J connectivity index is 2.05. The Morgan fingerprint density at radius 3 is 2.12 bits per heavy atom. The number of rotatable bonds is 4. The molecule has 0 bridgehead atoms. The van der Waals surface area contributed by atoms with Gasteiger partial charge >= 0.3 is 0 Å². The maximum Gasteiger partial charge on any atom is 0.0634 e. The quantitative estimate of drug-likeness (QED) is 0.608. The highest BCUT2D eigenvalue weighted by molar-refractivity contribution is 5.43. The summed E-state index contributed by atoms with van der Waals surface area (Å²) in [7, 11) is 0. The molecule has 2 rings (SSSR count). The van der Waals surface area contributed by atoms with E-state index in [4.69, 9.17) is 5.26 Å². The van der Waals surface area contributed by atoms with Gasteiger partial charge in [0.15, 0.2) is 0 Å². The first-order chi connectivity index (χ1) is 7.88. The van der Waals surface area contributed by atoms with Crippen molar-refractivity contribution >= 4 is 5.69 Å². The molecule has 0 saturated carbocycles. The summed E-state index contributed by atoms with van der Waals surface area (Å²) in [6, 6.07) is 18.0. The van der Waals surface area contributed by atoms with Crippen LogP contribution in [0.5, 0.6) is 0 Å². The third-order valence-electron chi connectivity index (χ3n) is 2.37. The van der Waals surface area contributed by atoms with Crippen LogP contribution in [0.4, 0.5) is 5.69 Å². The van der Waals surface area contributed by atoms with Gasteiger partial charge in [0.2, 0.25) is 0 Å². The SMILES string of the molecule is OONc1ccc(Cc2ccccc2)cc1. The largest absolute Gasteiger partial charge is 0.236 e. The van der Waals surface area contributed by atoms with Crippen molar-refractivity contribution in [3.05, 3.63) is 65.7 Å². The van der Waals surface area contributed by atoms with E-state index in [9.17, 15) is 0 Å². The number of anilines is 1. The predicted octanol–water partition coefficient (Wildman–Crippen LogP) is 3.09. The predicted molar refractivity (Wildman–Crippen MR) is 63.0 cm³/mol. The normalized spacial score (nSPS) is 10.1. The minimum absolute atomic E-state index is 0.722. The number of nitrogens with one attached hydrogen (secondary N) is 1. The topological polar surface area (TPSA) is 41.5 Å². The first-order valence-corrected chi connectivity index (χ1v) is 5.08. The summed E-state index contributed by atoms with van der Waals surface area (Å²) in [5.41, 5.74) is 5.57. The molecule has 0 atom stereocenters. The highest BCUT2D eigenvalue weighted by Gasteiger charge is 1.96. The first kappa shape index (κ1) is 10.7. The van der Waals surface area contributed by atoms with Gasteiger partial charge in [-0.15, -0.1) is 4.99 Å². The summed E-state index contributed by atoms with van der Waals surface area (Å²) in [5, 5.41) is 8.21. The minimum Gasteiger partial charge on any atom is -0.236 e. The Hall–Kier alpha value is -1.84. The molecule has 0 amide bonds. The van der Waals surface area contributed by atoms with Gasteiger partial charge < -0.3 is 0 Å². The Labute approximate surface area is 94.2 Å². The molecule has 0 aliphatic heterocycles. The molecule has 0 fully saturated rings. The fourth-order valence-electron chi connectivity index (χ4n) is 1.57. The van der Waals surface area contributed by atoms with E-state index < -0.39 is 0 Å². The Morgan fingerprint density at radius 2 is 1.50 bits per heavy atom. The van der Waals surface area contributed by atoms with Gasteiger partial charge in [0.05, 0.1) is 5.69 Å². The van der Waals surface area contributed by atoms with Crippen molar-refractivity contribution in [2.45, 2.75) is 6.42 Å². The van der Waals surface area contributed by atoms with Gasteiger partial charge in [-0.3, -0.25) is 0 Å². The maximum atomic E-state index is 8.21. The van der Waals surface area contributed by atoms with Crippen molar-refractivity contribution in [3.8, 4) is 0 Å². The van der Waals surface area contributed by atoms with Gasteiger partial charge in [0.25, 0.3) is 0 Å². The van der Waals surface area contributed by atoms with E-state index in [2.05, 4.69) is 22.6 Å². The van der Waals surface area contributed by atoms with E-state index >= 15 is 0 Å². The van der Waals surface area contributed by atoms with Crippen molar-refractivity contribution in [1.29, 1.82) is 0 Å². The van der Waals surface area contributed by atoms with E-state index in [1.807, 2.05) is 42.5 Å². The van der Waals surface area contributed by atoms with Gasteiger partial charge in [-0.05, 0) is 29.7 Å². The van der Waals surface area contributed by atoms with Crippen LogP contribution in [0, 0.1) is 0 Å². The van der Waals surface area contributed by atoms with E-state index in [-0.39, 0.29) is 0 Å². The molecule has 0 aliphatic carbocycles. The van der Waals surface area contributed by atoms with Crippen molar-refractivity contribution in [2.75, 3.05) is 5.48 Å². The molecule has 0 radical (unpaired) electrons. The van der Waals surface area contributed by atoms with Gasteiger partial charge in [0, 0.05) is 0 Å². The van der Waals surface area contributed by atoms with Gasteiger partial charge in [-0.25, -0.2) is 10.7 Å². The summed E-state index contributed by atoms with van der Waals surface area (Å²) in [4.78, 5) is 3.84. The zero-order chi connectivity index (χ0) is 11.2. The molecule has 16 heavy (non-hydrogen) atoms. The number of hydrogen-bond donors (Lipinski definition) is 2. The molecule has 3 nitrogen and oxygen atoms in total. The third kappa shape index (κ3) is 2.82. The summed E-state index contributed by atoms with van der Waals surface area (Å²) in [5.74, 6) is 0. The van der Waals surface area contributed by atoms with E-state index in [1.165, 1.54) is 11.1 Å². The van der Waals surface area contributed by atoms with E-state index in [0.717, 1.165) is 12.1 Å². The van der Waals surface area contributed by atoms with Crippen LogP contribution in [-0.4, -0.2) is 5.26 Å². The zero-order valence-corrected chi connectivity index (χ0v) is 8.76. The van der Waals surface area contributed by atoms with Crippen molar-refractivity contribution < 1.29 is 10.2 Å². The fraction of sp³-hybridized carbons (Fsp3) is 0.0769. The molecule has 3 heteroatoms. The third-order valence-corrected chi connectivity index (χ3v) is 2.37. The van der Waals surface area contributed by atoms with Crippen molar-refractivity contribution in [2.24, 2.45) is 0 Å². The van der Waals surface area contributed by atoms with Crippen LogP contribution in [0.2, 0.25) is 0 Å². The highest BCUT2D eigenvalue weighted by atomic mass is 17.2. The van der Waals surface area contributed by atoms with Crippen LogP contribution >= 0.6 is 0 Å². The molecular formula is C13H13NO2. The summed E-state index contributed by atoms with van der Waals surface area (Å²) in [6.45, 7) is 0.